The van der Waals surface area contributed by atoms with Gasteiger partial charge in [0, 0.05) is 19.7 Å². The van der Waals surface area contributed by atoms with Crippen LogP contribution in [0.3, 0.4) is 0 Å². The molecule has 0 aliphatic carbocycles. The van der Waals surface area contributed by atoms with Crippen LogP contribution in [-0.2, 0) is 21.3 Å². The second-order valence-corrected chi connectivity index (χ2v) is 6.75. The Hall–Kier alpha value is -0.950. The topological polar surface area (TPSA) is 67.4 Å². The smallest absolute Gasteiger partial charge is 0.240 e. The van der Waals surface area contributed by atoms with Gasteiger partial charge in [0.25, 0.3) is 0 Å². The van der Waals surface area contributed by atoms with E-state index in [1.165, 1.54) is 0 Å². The average Bonchev–Trinajstić information content (AvgIpc) is 2.44. The van der Waals surface area contributed by atoms with Crippen LogP contribution in [0.2, 0.25) is 0 Å². The predicted octanol–water partition coefficient (Wildman–Crippen LogP) is 1.81. The van der Waals surface area contributed by atoms with Crippen molar-refractivity contribution in [3.63, 3.8) is 0 Å². The monoisotopic (exact) mass is 314 g/mol. The van der Waals surface area contributed by atoms with Gasteiger partial charge < -0.3 is 10.1 Å². The third-order valence-corrected chi connectivity index (χ3v) is 4.63. The van der Waals surface area contributed by atoms with Gasteiger partial charge in [0.05, 0.1) is 11.0 Å². The molecule has 2 N–H and O–H groups in total. The standard InChI is InChI=1S/C15H26N2O3S/c1-5-16-11-14-9-15(8-7-12(14)3)21(18,19)17-10-13(4)20-6-2/h7-9,13,16-17H,5-6,10-11H2,1-4H3. The van der Waals surface area contributed by atoms with E-state index < -0.39 is 10.0 Å². The second kappa shape index (κ2) is 8.48. The Kier molecular flexibility index (Phi) is 7.31. The molecular weight excluding hydrogens is 288 g/mol. The van der Waals surface area contributed by atoms with Gasteiger partial charge in [0.2, 0.25) is 10.0 Å². The highest BCUT2D eigenvalue weighted by atomic mass is 32.2. The van der Waals surface area contributed by atoms with Crippen LogP contribution in [0.4, 0.5) is 0 Å². The highest BCUT2D eigenvalue weighted by molar-refractivity contribution is 7.89. The number of sulfonamides is 1. The lowest BCUT2D eigenvalue weighted by Crippen LogP contribution is -2.32. The first-order valence-electron chi connectivity index (χ1n) is 7.32. The molecule has 1 aromatic carbocycles. The molecule has 21 heavy (non-hydrogen) atoms. The first-order valence-corrected chi connectivity index (χ1v) is 8.80. The Balaban J connectivity index is 2.83. The molecule has 0 radical (unpaired) electrons. The Morgan fingerprint density at radius 3 is 2.62 bits per heavy atom. The van der Waals surface area contributed by atoms with Crippen molar-refractivity contribution >= 4 is 10.0 Å². The fourth-order valence-electron chi connectivity index (χ4n) is 1.92. The summed E-state index contributed by atoms with van der Waals surface area (Å²) in [7, 11) is -3.50. The first kappa shape index (κ1) is 18.1. The molecule has 1 rings (SSSR count). The molecule has 0 aromatic heterocycles. The predicted molar refractivity (Wildman–Crippen MR) is 84.8 cm³/mol. The number of hydrogen-bond donors (Lipinski definition) is 2. The number of rotatable bonds is 9. The lowest BCUT2D eigenvalue weighted by molar-refractivity contribution is 0.0799. The van der Waals surface area contributed by atoms with Gasteiger partial charge >= 0.3 is 0 Å². The Morgan fingerprint density at radius 1 is 1.29 bits per heavy atom. The normalized spacial score (nSPS) is 13.3. The van der Waals surface area contributed by atoms with Crippen molar-refractivity contribution in [3.8, 4) is 0 Å². The van der Waals surface area contributed by atoms with Crippen LogP contribution >= 0.6 is 0 Å². The quantitative estimate of drug-likeness (QED) is 0.729. The number of hydrogen-bond acceptors (Lipinski definition) is 4. The minimum atomic E-state index is -3.50. The van der Waals surface area contributed by atoms with Crippen molar-refractivity contribution in [3.05, 3.63) is 29.3 Å². The molecule has 0 amide bonds. The molecule has 1 aromatic rings. The average molecular weight is 314 g/mol. The number of nitrogens with one attached hydrogen (secondary N) is 2. The minimum absolute atomic E-state index is 0.142. The van der Waals surface area contributed by atoms with E-state index >= 15 is 0 Å². The van der Waals surface area contributed by atoms with Crippen LogP contribution in [0, 0.1) is 6.92 Å². The number of ether oxygens (including phenoxy) is 1. The summed E-state index contributed by atoms with van der Waals surface area (Å²) in [4.78, 5) is 0.296. The van der Waals surface area contributed by atoms with Crippen LogP contribution in [0.1, 0.15) is 31.9 Å². The second-order valence-electron chi connectivity index (χ2n) is 4.99. The van der Waals surface area contributed by atoms with Gasteiger partial charge in [-0.15, -0.1) is 0 Å². The molecule has 0 fully saturated rings. The molecule has 6 heteroatoms. The summed E-state index contributed by atoms with van der Waals surface area (Å²) in [6.45, 7) is 10.1. The van der Waals surface area contributed by atoms with Crippen molar-refractivity contribution in [1.29, 1.82) is 0 Å². The summed E-state index contributed by atoms with van der Waals surface area (Å²) in [5.41, 5.74) is 2.08. The third-order valence-electron chi connectivity index (χ3n) is 3.21. The maximum atomic E-state index is 12.3. The van der Waals surface area contributed by atoms with E-state index in [1.54, 1.807) is 12.1 Å². The van der Waals surface area contributed by atoms with Gasteiger partial charge in [-0.25, -0.2) is 13.1 Å². The SMILES string of the molecule is CCNCc1cc(S(=O)(=O)NCC(C)OCC)ccc1C. The van der Waals surface area contributed by atoms with Crippen LogP contribution in [0.5, 0.6) is 0 Å². The highest BCUT2D eigenvalue weighted by Crippen LogP contribution is 2.15. The van der Waals surface area contributed by atoms with E-state index in [2.05, 4.69) is 10.0 Å². The summed E-state index contributed by atoms with van der Waals surface area (Å²) in [5, 5.41) is 3.22. The van der Waals surface area contributed by atoms with Crippen LogP contribution in [0.15, 0.2) is 23.1 Å². The largest absolute Gasteiger partial charge is 0.377 e. The molecule has 5 nitrogen and oxygen atoms in total. The zero-order valence-corrected chi connectivity index (χ0v) is 14.1. The zero-order chi connectivity index (χ0) is 15.9. The Bertz CT molecular complexity index is 544. The van der Waals surface area contributed by atoms with Gasteiger partial charge in [-0.1, -0.05) is 13.0 Å². The molecular formula is C15H26N2O3S. The fraction of sp³-hybridized carbons (Fsp3) is 0.600. The van der Waals surface area contributed by atoms with Gasteiger partial charge in [-0.05, 0) is 50.6 Å². The van der Waals surface area contributed by atoms with Gasteiger partial charge in [-0.3, -0.25) is 0 Å². The highest BCUT2D eigenvalue weighted by Gasteiger charge is 2.16. The van der Waals surface area contributed by atoms with Gasteiger partial charge in [0.1, 0.15) is 0 Å². The maximum Gasteiger partial charge on any atom is 0.240 e. The molecule has 0 spiro atoms. The van der Waals surface area contributed by atoms with Crippen molar-refractivity contribution in [1.82, 2.24) is 10.0 Å². The van der Waals surface area contributed by atoms with Gasteiger partial charge in [-0.2, -0.15) is 0 Å². The van der Waals surface area contributed by atoms with Crippen molar-refractivity contribution in [2.45, 2.75) is 45.2 Å². The fourth-order valence-corrected chi connectivity index (χ4v) is 3.08. The van der Waals surface area contributed by atoms with E-state index in [1.807, 2.05) is 33.8 Å². The van der Waals surface area contributed by atoms with E-state index in [-0.39, 0.29) is 12.6 Å². The zero-order valence-electron chi connectivity index (χ0n) is 13.3. The summed E-state index contributed by atoms with van der Waals surface area (Å²) >= 11 is 0. The number of aryl methyl sites for hydroxylation is 1. The third kappa shape index (κ3) is 5.74. The van der Waals surface area contributed by atoms with E-state index in [9.17, 15) is 8.42 Å². The molecule has 0 heterocycles. The Labute approximate surface area is 128 Å². The van der Waals surface area contributed by atoms with Crippen LogP contribution < -0.4 is 10.0 Å². The molecule has 0 aliphatic heterocycles. The van der Waals surface area contributed by atoms with Gasteiger partial charge in [0.15, 0.2) is 0 Å². The summed E-state index contributed by atoms with van der Waals surface area (Å²) in [6.07, 6.45) is -0.142. The summed E-state index contributed by atoms with van der Waals surface area (Å²) < 4.78 is 32.5. The molecule has 0 aliphatic rings. The molecule has 120 valence electrons. The molecule has 1 atom stereocenters. The van der Waals surface area contributed by atoms with Crippen molar-refractivity contribution in [2.75, 3.05) is 19.7 Å². The molecule has 1 unspecified atom stereocenters. The van der Waals surface area contributed by atoms with Crippen LogP contribution in [0.25, 0.3) is 0 Å². The van der Waals surface area contributed by atoms with E-state index in [0.717, 1.165) is 17.7 Å². The van der Waals surface area contributed by atoms with E-state index in [0.29, 0.717) is 18.0 Å². The summed E-state index contributed by atoms with van der Waals surface area (Å²) in [5.74, 6) is 0. The Morgan fingerprint density at radius 2 is 2.00 bits per heavy atom. The van der Waals surface area contributed by atoms with Crippen molar-refractivity contribution < 1.29 is 13.2 Å². The van der Waals surface area contributed by atoms with Crippen molar-refractivity contribution in [2.24, 2.45) is 0 Å². The molecule has 0 saturated carbocycles. The molecule has 0 bridgehead atoms. The summed E-state index contributed by atoms with van der Waals surface area (Å²) in [6, 6.07) is 5.21. The van der Waals surface area contributed by atoms with Crippen LogP contribution in [-0.4, -0.2) is 34.2 Å². The minimum Gasteiger partial charge on any atom is -0.377 e. The van der Waals surface area contributed by atoms with E-state index in [4.69, 9.17) is 4.74 Å². The number of benzene rings is 1. The first-order chi connectivity index (χ1) is 9.90. The lowest BCUT2D eigenvalue weighted by atomic mass is 10.1. The molecule has 0 saturated heterocycles. The maximum absolute atomic E-state index is 12.3. The lowest BCUT2D eigenvalue weighted by Gasteiger charge is -2.14.